The summed E-state index contributed by atoms with van der Waals surface area (Å²) in [4.78, 5) is 21.0. The van der Waals surface area contributed by atoms with Gasteiger partial charge in [0.15, 0.2) is 5.82 Å². The van der Waals surface area contributed by atoms with Crippen LogP contribution in [0.15, 0.2) is 43.0 Å². The molecule has 0 spiro atoms. The Kier molecular flexibility index (Phi) is 5.94. The standard InChI is InChI=1S/C24H24F3N5O2/c1-5-8-24(26,27)12-32-20(9-14-6-7-17(13(2)28)29-21(14)32)22-30-18-10-15(23(33)34-4)16(25)11-19(18)31(22)3/h5-7,9-11,13H,1,8,12,28H2,2-4H3. The van der Waals surface area contributed by atoms with E-state index in [2.05, 4.69) is 21.3 Å². The summed E-state index contributed by atoms with van der Waals surface area (Å²) in [7, 11) is 2.80. The summed E-state index contributed by atoms with van der Waals surface area (Å²) in [5.41, 5.74) is 7.67. The van der Waals surface area contributed by atoms with Crippen molar-refractivity contribution in [2.24, 2.45) is 12.8 Å². The lowest BCUT2D eigenvalue weighted by molar-refractivity contribution is -0.0117. The van der Waals surface area contributed by atoms with Crippen LogP contribution in [-0.4, -0.2) is 38.1 Å². The first kappa shape index (κ1) is 23.5. The third-order valence-electron chi connectivity index (χ3n) is 5.67. The van der Waals surface area contributed by atoms with E-state index in [1.807, 2.05) is 0 Å². The number of rotatable bonds is 7. The molecule has 1 atom stereocenters. The van der Waals surface area contributed by atoms with Gasteiger partial charge in [-0.1, -0.05) is 6.08 Å². The zero-order valence-electron chi connectivity index (χ0n) is 19.0. The van der Waals surface area contributed by atoms with E-state index in [-0.39, 0.29) is 11.6 Å². The van der Waals surface area contributed by atoms with Crippen LogP contribution in [0.1, 0.15) is 35.4 Å². The van der Waals surface area contributed by atoms with Crippen molar-refractivity contribution in [2.75, 3.05) is 7.11 Å². The van der Waals surface area contributed by atoms with Crippen LogP contribution in [-0.2, 0) is 18.3 Å². The molecule has 0 saturated carbocycles. The van der Waals surface area contributed by atoms with Crippen molar-refractivity contribution in [3.05, 3.63) is 60.1 Å². The average Bonchev–Trinajstić information content (AvgIpc) is 3.29. The van der Waals surface area contributed by atoms with Gasteiger partial charge in [-0.25, -0.2) is 27.9 Å². The van der Waals surface area contributed by atoms with Crippen molar-refractivity contribution in [3.63, 3.8) is 0 Å². The second-order valence-corrected chi connectivity index (χ2v) is 8.21. The van der Waals surface area contributed by atoms with Crippen LogP contribution in [0.2, 0.25) is 0 Å². The summed E-state index contributed by atoms with van der Waals surface area (Å²) in [5.74, 6) is -4.39. The zero-order chi connectivity index (χ0) is 24.8. The van der Waals surface area contributed by atoms with Crippen LogP contribution in [0.3, 0.4) is 0 Å². The molecule has 4 aromatic rings. The van der Waals surface area contributed by atoms with Gasteiger partial charge in [-0.3, -0.25) is 0 Å². The quantitative estimate of drug-likeness (QED) is 0.311. The van der Waals surface area contributed by atoms with Crippen LogP contribution >= 0.6 is 0 Å². The van der Waals surface area contributed by atoms with Gasteiger partial charge in [-0.05, 0) is 31.2 Å². The van der Waals surface area contributed by atoms with Gasteiger partial charge in [0.05, 0.1) is 41.6 Å². The molecule has 10 heteroatoms. The number of fused-ring (bicyclic) bond motifs is 2. The number of allylic oxidation sites excluding steroid dienone is 1. The van der Waals surface area contributed by atoms with Gasteiger partial charge < -0.3 is 19.6 Å². The number of nitrogens with two attached hydrogens (primary N) is 1. The summed E-state index contributed by atoms with van der Waals surface area (Å²) >= 11 is 0. The summed E-state index contributed by atoms with van der Waals surface area (Å²) in [5, 5.41) is 0.627. The molecular weight excluding hydrogens is 447 g/mol. The molecule has 0 aliphatic heterocycles. The monoisotopic (exact) mass is 471 g/mol. The summed E-state index contributed by atoms with van der Waals surface area (Å²) in [6.45, 7) is 4.51. The molecule has 0 aliphatic rings. The minimum atomic E-state index is -3.09. The normalized spacial score (nSPS) is 12.9. The van der Waals surface area contributed by atoms with Crippen LogP contribution in [0.4, 0.5) is 13.2 Å². The lowest BCUT2D eigenvalue weighted by atomic mass is 10.2. The van der Waals surface area contributed by atoms with E-state index in [0.717, 1.165) is 7.11 Å². The molecule has 34 heavy (non-hydrogen) atoms. The molecule has 0 saturated heterocycles. The Morgan fingerprint density at radius 3 is 2.68 bits per heavy atom. The minimum Gasteiger partial charge on any atom is -0.465 e. The number of aromatic nitrogens is 4. The van der Waals surface area contributed by atoms with E-state index >= 15 is 0 Å². The van der Waals surface area contributed by atoms with Gasteiger partial charge in [-0.2, -0.15) is 0 Å². The first-order valence-electron chi connectivity index (χ1n) is 10.6. The second kappa shape index (κ2) is 8.60. The number of nitrogens with zero attached hydrogens (tertiary/aromatic N) is 4. The molecule has 3 aromatic heterocycles. The average molecular weight is 471 g/mol. The third kappa shape index (κ3) is 4.05. The maximum atomic E-state index is 14.7. The molecule has 0 aliphatic carbocycles. The van der Waals surface area contributed by atoms with Gasteiger partial charge in [-0.15, -0.1) is 6.58 Å². The fourth-order valence-electron chi connectivity index (χ4n) is 3.96. The Hall–Kier alpha value is -3.66. The number of ether oxygens (including phenoxy) is 1. The lowest BCUT2D eigenvalue weighted by Gasteiger charge is -2.18. The number of pyridine rings is 1. The highest BCUT2D eigenvalue weighted by Gasteiger charge is 2.31. The predicted octanol–water partition coefficient (Wildman–Crippen LogP) is 4.75. The number of hydrogen-bond acceptors (Lipinski definition) is 5. The van der Waals surface area contributed by atoms with Gasteiger partial charge in [0.25, 0.3) is 5.92 Å². The molecule has 0 fully saturated rings. The molecule has 178 valence electrons. The second-order valence-electron chi connectivity index (χ2n) is 8.21. The van der Waals surface area contributed by atoms with Crippen LogP contribution in [0.5, 0.6) is 0 Å². The topological polar surface area (TPSA) is 88.0 Å². The number of imidazole rings is 1. The fraction of sp³-hybridized carbons (Fsp3) is 0.292. The van der Waals surface area contributed by atoms with Crippen molar-refractivity contribution in [1.29, 1.82) is 0 Å². The van der Waals surface area contributed by atoms with E-state index in [0.29, 0.717) is 39.3 Å². The Labute approximate surface area is 193 Å². The van der Waals surface area contributed by atoms with Crippen molar-refractivity contribution >= 4 is 28.0 Å². The molecular formula is C24H24F3N5O2. The summed E-state index contributed by atoms with van der Waals surface area (Å²) in [6.07, 6.45) is 0.647. The predicted molar refractivity (Wildman–Crippen MR) is 123 cm³/mol. The van der Waals surface area contributed by atoms with Crippen molar-refractivity contribution < 1.29 is 22.7 Å². The van der Waals surface area contributed by atoms with Crippen LogP contribution in [0, 0.1) is 5.82 Å². The van der Waals surface area contributed by atoms with Gasteiger partial charge in [0.1, 0.15) is 11.5 Å². The Morgan fingerprint density at radius 2 is 2.03 bits per heavy atom. The number of aryl methyl sites for hydroxylation is 1. The maximum absolute atomic E-state index is 14.7. The van der Waals surface area contributed by atoms with E-state index in [1.54, 1.807) is 36.7 Å². The Balaban J connectivity index is 1.97. The van der Waals surface area contributed by atoms with Crippen molar-refractivity contribution in [2.45, 2.75) is 31.9 Å². The Bertz CT molecular complexity index is 1420. The minimum absolute atomic E-state index is 0.263. The third-order valence-corrected chi connectivity index (χ3v) is 5.67. The van der Waals surface area contributed by atoms with Gasteiger partial charge in [0.2, 0.25) is 0 Å². The first-order chi connectivity index (χ1) is 16.1. The highest BCUT2D eigenvalue weighted by molar-refractivity contribution is 5.95. The lowest BCUT2D eigenvalue weighted by Crippen LogP contribution is -2.24. The number of halogens is 3. The molecule has 1 unspecified atom stereocenters. The van der Waals surface area contributed by atoms with Crippen molar-refractivity contribution in [1.82, 2.24) is 19.1 Å². The number of alkyl halides is 2. The molecule has 4 rings (SSSR count). The molecule has 3 heterocycles. The molecule has 2 N–H and O–H groups in total. The molecule has 0 bridgehead atoms. The smallest absolute Gasteiger partial charge is 0.340 e. The SMILES string of the molecule is C=CCC(F)(F)Cn1c(-c2nc3cc(C(=O)OC)c(F)cc3n2C)cc2ccc(C(C)N)nc21. The maximum Gasteiger partial charge on any atom is 0.340 e. The summed E-state index contributed by atoms with van der Waals surface area (Å²) < 4.78 is 51.6. The number of carbonyl (C=O) groups is 1. The molecule has 0 radical (unpaired) electrons. The van der Waals surface area contributed by atoms with Crippen LogP contribution < -0.4 is 5.73 Å². The van der Waals surface area contributed by atoms with E-state index in [1.165, 1.54) is 22.8 Å². The number of carbonyl (C=O) groups excluding carboxylic acids is 1. The Morgan fingerprint density at radius 1 is 1.29 bits per heavy atom. The fourth-order valence-corrected chi connectivity index (χ4v) is 3.96. The van der Waals surface area contributed by atoms with Gasteiger partial charge >= 0.3 is 5.97 Å². The number of hydrogen-bond donors (Lipinski definition) is 1. The first-order valence-corrected chi connectivity index (χ1v) is 10.6. The zero-order valence-corrected chi connectivity index (χ0v) is 19.0. The largest absolute Gasteiger partial charge is 0.465 e. The van der Waals surface area contributed by atoms with Gasteiger partial charge in [0, 0.05) is 31.0 Å². The number of esters is 1. The highest BCUT2D eigenvalue weighted by atomic mass is 19.3. The van der Waals surface area contributed by atoms with E-state index in [4.69, 9.17) is 5.73 Å². The number of benzene rings is 1. The molecule has 0 amide bonds. The molecule has 1 aromatic carbocycles. The van der Waals surface area contributed by atoms with E-state index in [9.17, 15) is 18.0 Å². The number of methoxy groups -OCH3 is 1. The van der Waals surface area contributed by atoms with Crippen molar-refractivity contribution in [3.8, 4) is 11.5 Å². The summed E-state index contributed by atoms with van der Waals surface area (Å²) in [6, 6.07) is 7.28. The van der Waals surface area contributed by atoms with Crippen LogP contribution in [0.25, 0.3) is 33.6 Å². The highest BCUT2D eigenvalue weighted by Crippen LogP contribution is 2.33. The van der Waals surface area contributed by atoms with E-state index < -0.39 is 30.7 Å². The molecule has 7 nitrogen and oxygen atoms in total.